The van der Waals surface area contributed by atoms with Gasteiger partial charge in [0.2, 0.25) is 0 Å². The Hall–Kier alpha value is -2.41. The fourth-order valence-electron chi connectivity index (χ4n) is 3.23. The molecule has 2 aromatic rings. The first-order chi connectivity index (χ1) is 14.2. The van der Waals surface area contributed by atoms with Crippen molar-refractivity contribution in [2.24, 2.45) is 4.99 Å². The molecule has 0 aliphatic carbocycles. The molecule has 0 saturated carbocycles. The van der Waals surface area contributed by atoms with Crippen LogP contribution < -0.4 is 10.6 Å². The molecule has 0 atom stereocenters. The van der Waals surface area contributed by atoms with Crippen LogP contribution in [0.2, 0.25) is 0 Å². The van der Waals surface area contributed by atoms with Crippen molar-refractivity contribution in [1.29, 1.82) is 0 Å². The molecule has 166 valence electrons. The molecular weight excluding hydrogens is 423 g/mol. The topological polar surface area (TPSA) is 104 Å². The number of nitrogens with one attached hydrogen (secondary N) is 2. The van der Waals surface area contributed by atoms with E-state index < -0.39 is 15.5 Å². The molecule has 0 spiro atoms. The van der Waals surface area contributed by atoms with Gasteiger partial charge in [0.25, 0.3) is 0 Å². The van der Waals surface area contributed by atoms with Crippen molar-refractivity contribution in [3.8, 4) is 0 Å². The van der Waals surface area contributed by atoms with Crippen LogP contribution in [0, 0.1) is 0 Å². The number of hydrogen-bond donors (Lipinski definition) is 2. The fraction of sp³-hybridized carbons (Fsp3) is 0.588. The summed E-state index contributed by atoms with van der Waals surface area (Å²) in [4.78, 5) is 4.50. The van der Waals surface area contributed by atoms with Gasteiger partial charge in [-0.15, -0.1) is 10.2 Å². The number of piperidine rings is 1. The predicted molar refractivity (Wildman–Crippen MR) is 105 cm³/mol. The highest BCUT2D eigenvalue weighted by Crippen LogP contribution is 2.28. The fourth-order valence-corrected chi connectivity index (χ4v) is 4.21. The van der Waals surface area contributed by atoms with Gasteiger partial charge in [0.1, 0.15) is 5.82 Å². The summed E-state index contributed by atoms with van der Waals surface area (Å²) >= 11 is 0. The predicted octanol–water partition coefficient (Wildman–Crippen LogP) is 1.14. The van der Waals surface area contributed by atoms with E-state index in [1.165, 1.54) is 0 Å². The number of halogens is 3. The zero-order chi connectivity index (χ0) is 21.8. The first-order valence-electron chi connectivity index (χ1n) is 9.62. The van der Waals surface area contributed by atoms with Crippen molar-refractivity contribution in [3.63, 3.8) is 0 Å². The van der Waals surface area contributed by atoms with Crippen molar-refractivity contribution < 1.29 is 21.6 Å². The number of aromatic nitrogens is 3. The number of fused-ring (bicyclic) bond motifs is 1. The summed E-state index contributed by atoms with van der Waals surface area (Å²) < 4.78 is 63.5. The van der Waals surface area contributed by atoms with E-state index in [4.69, 9.17) is 0 Å². The Morgan fingerprint density at radius 2 is 2.00 bits per heavy atom. The van der Waals surface area contributed by atoms with Gasteiger partial charge in [0.15, 0.2) is 11.6 Å². The van der Waals surface area contributed by atoms with Crippen LogP contribution >= 0.6 is 0 Å². The van der Waals surface area contributed by atoms with E-state index in [-0.39, 0.29) is 32.0 Å². The van der Waals surface area contributed by atoms with Crippen LogP contribution in [0.3, 0.4) is 0 Å². The van der Waals surface area contributed by atoms with E-state index in [1.54, 1.807) is 0 Å². The molecule has 0 aromatic carbocycles. The summed E-state index contributed by atoms with van der Waals surface area (Å²) in [5.41, 5.74) is -4.52. The summed E-state index contributed by atoms with van der Waals surface area (Å²) in [6, 6.07) is 5.46. The SMILES string of the molecule is CCNC(=NCCc1nnc2ccccn12)NC1CCN(S(=O)(=O)C(F)(F)F)CC1. The zero-order valence-corrected chi connectivity index (χ0v) is 17.2. The number of alkyl halides is 3. The van der Waals surface area contributed by atoms with E-state index in [1.807, 2.05) is 35.7 Å². The quantitative estimate of drug-likeness (QED) is 0.509. The van der Waals surface area contributed by atoms with Gasteiger partial charge in [-0.05, 0) is 31.9 Å². The highest BCUT2D eigenvalue weighted by Gasteiger charge is 2.50. The van der Waals surface area contributed by atoms with Gasteiger partial charge >= 0.3 is 15.5 Å². The number of guanidine groups is 1. The smallest absolute Gasteiger partial charge is 0.357 e. The average molecular weight is 447 g/mol. The van der Waals surface area contributed by atoms with Gasteiger partial charge in [0.05, 0.1) is 0 Å². The highest BCUT2D eigenvalue weighted by molar-refractivity contribution is 7.90. The van der Waals surface area contributed by atoms with Crippen LogP contribution in [0.5, 0.6) is 0 Å². The van der Waals surface area contributed by atoms with Crippen molar-refractivity contribution in [1.82, 2.24) is 29.5 Å². The summed E-state index contributed by atoms with van der Waals surface area (Å²) in [5, 5.41) is 14.5. The van der Waals surface area contributed by atoms with Crippen molar-refractivity contribution in [3.05, 3.63) is 30.2 Å². The molecule has 2 N–H and O–H groups in total. The maximum Gasteiger partial charge on any atom is 0.511 e. The van der Waals surface area contributed by atoms with E-state index in [0.29, 0.717) is 29.8 Å². The molecule has 3 rings (SSSR count). The molecule has 1 saturated heterocycles. The first kappa shape index (κ1) is 22.3. The molecule has 1 aliphatic heterocycles. The Labute approximate surface area is 172 Å². The van der Waals surface area contributed by atoms with E-state index in [0.717, 1.165) is 11.5 Å². The van der Waals surface area contributed by atoms with Crippen LogP contribution in [-0.4, -0.2) is 71.0 Å². The number of hydrogen-bond acceptors (Lipinski definition) is 5. The molecule has 3 heterocycles. The number of aliphatic imine (C=N–C) groups is 1. The van der Waals surface area contributed by atoms with Gasteiger partial charge in [0, 0.05) is 44.8 Å². The third-order valence-corrected chi connectivity index (χ3v) is 6.39. The lowest BCUT2D eigenvalue weighted by Crippen LogP contribution is -2.51. The number of pyridine rings is 1. The minimum absolute atomic E-state index is 0.170. The number of sulfonamides is 1. The molecule has 13 heteroatoms. The minimum atomic E-state index is -5.27. The zero-order valence-electron chi connectivity index (χ0n) is 16.4. The molecule has 0 amide bonds. The van der Waals surface area contributed by atoms with Gasteiger partial charge in [-0.2, -0.15) is 17.5 Å². The molecular formula is C17H24F3N7O2S. The van der Waals surface area contributed by atoms with Crippen LogP contribution in [0.1, 0.15) is 25.6 Å². The second kappa shape index (κ2) is 9.16. The highest BCUT2D eigenvalue weighted by atomic mass is 32.2. The van der Waals surface area contributed by atoms with Gasteiger partial charge in [-0.25, -0.2) is 8.42 Å². The van der Waals surface area contributed by atoms with Gasteiger partial charge < -0.3 is 10.6 Å². The number of rotatable bonds is 6. The van der Waals surface area contributed by atoms with E-state index in [2.05, 4.69) is 25.8 Å². The molecule has 0 radical (unpaired) electrons. The first-order valence-corrected chi connectivity index (χ1v) is 11.1. The molecule has 1 aliphatic rings. The Morgan fingerprint density at radius 3 is 2.67 bits per heavy atom. The lowest BCUT2D eigenvalue weighted by atomic mass is 10.1. The van der Waals surface area contributed by atoms with Crippen LogP contribution in [0.4, 0.5) is 13.2 Å². The minimum Gasteiger partial charge on any atom is -0.357 e. The Kier molecular flexibility index (Phi) is 6.81. The van der Waals surface area contributed by atoms with Gasteiger partial charge in [-0.1, -0.05) is 6.07 Å². The third-order valence-electron chi connectivity index (χ3n) is 4.76. The Morgan fingerprint density at radius 1 is 1.27 bits per heavy atom. The van der Waals surface area contributed by atoms with Crippen molar-refractivity contribution >= 4 is 21.6 Å². The normalized spacial score (nSPS) is 17.4. The molecule has 2 aromatic heterocycles. The lowest BCUT2D eigenvalue weighted by molar-refractivity contribution is -0.0494. The second-order valence-electron chi connectivity index (χ2n) is 6.82. The van der Waals surface area contributed by atoms with Gasteiger partial charge in [-0.3, -0.25) is 9.39 Å². The van der Waals surface area contributed by atoms with Crippen LogP contribution in [0.25, 0.3) is 5.65 Å². The molecule has 0 unspecified atom stereocenters. The van der Waals surface area contributed by atoms with Crippen molar-refractivity contribution in [2.75, 3.05) is 26.2 Å². The standard InChI is InChI=1S/C17H24F3N7O2S/c1-2-21-16(22-9-6-15-25-24-14-5-3-4-10-27(14)15)23-13-7-11-26(12-8-13)30(28,29)17(18,19)20/h3-5,10,13H,2,6-9,11-12H2,1H3,(H2,21,22,23). The largest absolute Gasteiger partial charge is 0.511 e. The monoisotopic (exact) mass is 447 g/mol. The maximum atomic E-state index is 12.7. The third kappa shape index (κ3) is 5.01. The average Bonchev–Trinajstić information content (AvgIpc) is 3.11. The Balaban J connectivity index is 1.56. The summed E-state index contributed by atoms with van der Waals surface area (Å²) in [5.74, 6) is 1.30. The second-order valence-corrected chi connectivity index (χ2v) is 8.75. The molecule has 0 bridgehead atoms. The number of nitrogens with zero attached hydrogens (tertiary/aromatic N) is 5. The van der Waals surface area contributed by atoms with Crippen LogP contribution in [0.15, 0.2) is 29.4 Å². The molecule has 30 heavy (non-hydrogen) atoms. The molecule has 9 nitrogen and oxygen atoms in total. The lowest BCUT2D eigenvalue weighted by Gasteiger charge is -2.32. The summed E-state index contributed by atoms with van der Waals surface area (Å²) in [7, 11) is -5.27. The Bertz CT molecular complexity index is 983. The summed E-state index contributed by atoms with van der Waals surface area (Å²) in [6.45, 7) is 2.57. The van der Waals surface area contributed by atoms with E-state index in [9.17, 15) is 21.6 Å². The van der Waals surface area contributed by atoms with E-state index >= 15 is 0 Å². The molecule has 1 fully saturated rings. The summed E-state index contributed by atoms with van der Waals surface area (Å²) in [6.07, 6.45) is 2.95. The van der Waals surface area contributed by atoms with Crippen LogP contribution in [-0.2, 0) is 16.4 Å². The maximum absolute atomic E-state index is 12.7. The van der Waals surface area contributed by atoms with Crippen molar-refractivity contribution in [2.45, 2.75) is 37.7 Å².